The van der Waals surface area contributed by atoms with Crippen LogP contribution in [-0.4, -0.2) is 45.0 Å². The topological polar surface area (TPSA) is 92.2 Å². The van der Waals surface area contributed by atoms with E-state index in [2.05, 4.69) is 84.1 Å². The molecule has 0 spiro atoms. The Morgan fingerprint density at radius 1 is 0.979 bits per heavy atom. The van der Waals surface area contributed by atoms with Crippen molar-refractivity contribution in [3.05, 3.63) is 47.3 Å². The van der Waals surface area contributed by atoms with E-state index in [0.717, 1.165) is 49.6 Å². The number of carboxylic acid groups (broad SMARTS) is 1. The fourth-order valence-electron chi connectivity index (χ4n) is 12.7. The number of nitrogens with one attached hydrogen (secondary N) is 1. The van der Waals surface area contributed by atoms with Crippen LogP contribution < -0.4 is 5.32 Å². The number of rotatable bonds is 6. The highest BCUT2D eigenvalue weighted by molar-refractivity contribution is 7.98. The molecule has 3 fully saturated rings. The van der Waals surface area contributed by atoms with Gasteiger partial charge in [0.05, 0.1) is 27.8 Å². The molecule has 5 aliphatic carbocycles. The summed E-state index contributed by atoms with van der Waals surface area (Å²) in [6, 6.07) is 7.49. The number of hydrogen-bond donors (Lipinski definition) is 2. The Kier molecular flexibility index (Phi) is 8.21. The first kappa shape index (κ1) is 34.1. The average molecular weight is 672 g/mol. The van der Waals surface area contributed by atoms with E-state index in [1.54, 1.807) is 11.8 Å². The molecule has 2 aromatic rings. The highest BCUT2D eigenvalue weighted by Gasteiger charge is 2.69. The van der Waals surface area contributed by atoms with Crippen molar-refractivity contribution in [3.8, 4) is 0 Å². The molecular weight excluding hydrogens is 615 g/mol. The van der Waals surface area contributed by atoms with E-state index in [1.165, 1.54) is 29.8 Å². The first-order valence-electron chi connectivity index (χ1n) is 18.6. The number of carbonyl (C=O) groups is 2. The van der Waals surface area contributed by atoms with Gasteiger partial charge in [0, 0.05) is 5.41 Å². The first-order chi connectivity index (χ1) is 22.6. The van der Waals surface area contributed by atoms with Crippen LogP contribution in [0.15, 0.2) is 35.9 Å². The van der Waals surface area contributed by atoms with Gasteiger partial charge >= 0.3 is 5.97 Å². The molecule has 1 aromatic carbocycles. The summed E-state index contributed by atoms with van der Waals surface area (Å²) in [4.78, 5) is 37.4. The van der Waals surface area contributed by atoms with Gasteiger partial charge in [-0.1, -0.05) is 72.2 Å². The normalized spacial score (nSPS) is 40.2. The summed E-state index contributed by atoms with van der Waals surface area (Å²) in [5.41, 5.74) is 5.41. The van der Waals surface area contributed by atoms with Gasteiger partial charge in [0.25, 0.3) is 0 Å². The van der Waals surface area contributed by atoms with Gasteiger partial charge in [0.1, 0.15) is 6.04 Å². The van der Waals surface area contributed by atoms with Gasteiger partial charge in [0.15, 0.2) is 0 Å². The molecular formula is C41H57N3O3S. The van der Waals surface area contributed by atoms with Gasteiger partial charge in [-0.3, -0.25) is 4.79 Å². The zero-order chi connectivity index (χ0) is 34.4. The maximum atomic E-state index is 14.5. The van der Waals surface area contributed by atoms with E-state index in [1.807, 2.05) is 6.26 Å². The molecule has 260 valence electrons. The fraction of sp³-hybridized carbons (Fsp3) is 0.707. The number of aromatic nitrogens is 2. The van der Waals surface area contributed by atoms with Gasteiger partial charge in [0.2, 0.25) is 5.91 Å². The summed E-state index contributed by atoms with van der Waals surface area (Å²) in [7, 11) is 0. The zero-order valence-electron chi connectivity index (χ0n) is 30.5. The second-order valence-electron chi connectivity index (χ2n) is 17.9. The number of aliphatic carboxylic acids is 1. The Labute approximate surface area is 292 Å². The van der Waals surface area contributed by atoms with Crippen LogP contribution in [0.25, 0.3) is 11.0 Å². The highest BCUT2D eigenvalue weighted by Crippen LogP contribution is 2.75. The average Bonchev–Trinajstić information content (AvgIpc) is 3.04. The monoisotopic (exact) mass is 671 g/mol. The SMILES string of the molecule is CSCC[C@@H](NC(=O)[C@]12CC[C@@H](C)[C@H](C)[C@H]1C1=CC[C@@H]3[C@@]4(C)Cc5nc6ccccc6nc5C(C)(C)[C@@H]4CC[C@@]3(C)[C@]1(C)CC2)C(=O)O. The third-order valence-corrected chi connectivity index (χ3v) is 16.2. The van der Waals surface area contributed by atoms with E-state index >= 15 is 0 Å². The number of fused-ring (bicyclic) bond motifs is 9. The Balaban J connectivity index is 1.29. The van der Waals surface area contributed by atoms with Crippen molar-refractivity contribution in [2.24, 2.45) is 51.2 Å². The lowest BCUT2D eigenvalue weighted by Gasteiger charge is -2.71. The van der Waals surface area contributed by atoms with E-state index in [-0.39, 0.29) is 33.5 Å². The Bertz CT molecular complexity index is 1670. The van der Waals surface area contributed by atoms with Crippen LogP contribution >= 0.6 is 11.8 Å². The molecule has 0 saturated heterocycles. The molecule has 7 heteroatoms. The fourth-order valence-corrected chi connectivity index (χ4v) is 13.1. The largest absolute Gasteiger partial charge is 0.480 e. The van der Waals surface area contributed by atoms with Crippen molar-refractivity contribution >= 4 is 34.7 Å². The van der Waals surface area contributed by atoms with Crippen molar-refractivity contribution < 1.29 is 14.7 Å². The summed E-state index contributed by atoms with van der Waals surface area (Å²) in [6.45, 7) is 17.3. The van der Waals surface area contributed by atoms with E-state index in [4.69, 9.17) is 9.97 Å². The van der Waals surface area contributed by atoms with E-state index in [0.29, 0.717) is 35.8 Å². The zero-order valence-corrected chi connectivity index (χ0v) is 31.3. The molecule has 0 aliphatic heterocycles. The number of benzene rings is 1. The number of carbonyl (C=O) groups excluding carboxylic acids is 1. The lowest BCUT2D eigenvalue weighted by molar-refractivity contribution is -0.171. The molecule has 10 atom stereocenters. The number of amides is 1. The lowest BCUT2D eigenvalue weighted by Crippen LogP contribution is -2.66. The number of nitrogens with zero attached hydrogens (tertiary/aromatic N) is 2. The highest BCUT2D eigenvalue weighted by atomic mass is 32.2. The molecule has 1 heterocycles. The molecule has 2 N–H and O–H groups in total. The Morgan fingerprint density at radius 3 is 2.38 bits per heavy atom. The summed E-state index contributed by atoms with van der Waals surface area (Å²) in [5.74, 6) is 1.82. The second kappa shape index (κ2) is 11.6. The predicted octanol–water partition coefficient (Wildman–Crippen LogP) is 8.62. The molecule has 0 radical (unpaired) electrons. The molecule has 6 nitrogen and oxygen atoms in total. The summed E-state index contributed by atoms with van der Waals surface area (Å²) in [5, 5.41) is 13.2. The molecule has 0 bridgehead atoms. The van der Waals surface area contributed by atoms with Gasteiger partial charge in [-0.05, 0) is 128 Å². The van der Waals surface area contributed by atoms with Crippen LogP contribution in [-0.2, 0) is 21.4 Å². The number of thioether (sulfide) groups is 1. The van der Waals surface area contributed by atoms with E-state index < -0.39 is 17.4 Å². The third kappa shape index (κ3) is 4.64. The standard InChI is InChI=1S/C41H57N3O3S/c1-24-15-19-41(36(47)44-29(35(45)46)17-22-48-8)21-20-39(6)26(33(41)25(24)2)13-14-32-38(5)23-30-34(43-28-12-10-9-11-27(28)42-30)37(3,4)31(38)16-18-40(32,39)7/h9-13,24-25,29,31-33H,14-23H2,1-8H3,(H,44,47)(H,45,46)/t24-,25+,29-,31+,32-,33+,38+,39-,40-,41+/m1/s1. The third-order valence-electron chi connectivity index (χ3n) is 15.6. The van der Waals surface area contributed by atoms with Crippen LogP contribution in [0, 0.1) is 51.2 Å². The molecule has 48 heavy (non-hydrogen) atoms. The van der Waals surface area contributed by atoms with Gasteiger partial charge in [-0.25, -0.2) is 14.8 Å². The van der Waals surface area contributed by atoms with Crippen molar-refractivity contribution in [1.29, 1.82) is 0 Å². The molecule has 3 saturated carbocycles. The number of carboxylic acids is 1. The van der Waals surface area contributed by atoms with Crippen molar-refractivity contribution in [2.45, 2.75) is 118 Å². The van der Waals surface area contributed by atoms with Crippen molar-refractivity contribution in [3.63, 3.8) is 0 Å². The predicted molar refractivity (Wildman–Crippen MR) is 195 cm³/mol. The molecule has 1 amide bonds. The van der Waals surface area contributed by atoms with Crippen molar-refractivity contribution in [2.75, 3.05) is 12.0 Å². The quantitative estimate of drug-likeness (QED) is 0.299. The van der Waals surface area contributed by atoms with Gasteiger partial charge < -0.3 is 10.4 Å². The molecule has 5 aliphatic rings. The number of allylic oxidation sites excluding steroid dienone is 2. The van der Waals surface area contributed by atoms with Crippen LogP contribution in [0.4, 0.5) is 0 Å². The van der Waals surface area contributed by atoms with Crippen LogP contribution in [0.2, 0.25) is 0 Å². The number of hydrogen-bond acceptors (Lipinski definition) is 5. The van der Waals surface area contributed by atoms with Crippen molar-refractivity contribution in [1.82, 2.24) is 15.3 Å². The second-order valence-corrected chi connectivity index (χ2v) is 18.8. The summed E-state index contributed by atoms with van der Waals surface area (Å²) in [6.07, 6.45) is 13.1. The molecule has 0 unspecified atom stereocenters. The maximum absolute atomic E-state index is 14.5. The summed E-state index contributed by atoms with van der Waals surface area (Å²) >= 11 is 1.63. The van der Waals surface area contributed by atoms with Crippen LogP contribution in [0.5, 0.6) is 0 Å². The minimum absolute atomic E-state index is 0.0120. The van der Waals surface area contributed by atoms with Gasteiger partial charge in [-0.15, -0.1) is 0 Å². The Morgan fingerprint density at radius 2 is 1.69 bits per heavy atom. The lowest BCUT2D eigenvalue weighted by atomic mass is 9.33. The van der Waals surface area contributed by atoms with Crippen LogP contribution in [0.3, 0.4) is 0 Å². The first-order valence-corrected chi connectivity index (χ1v) is 20.0. The maximum Gasteiger partial charge on any atom is 0.326 e. The Hall–Kier alpha value is -2.41. The number of para-hydroxylation sites is 2. The van der Waals surface area contributed by atoms with Gasteiger partial charge in [-0.2, -0.15) is 11.8 Å². The minimum atomic E-state index is -0.921. The molecule has 1 aromatic heterocycles. The smallest absolute Gasteiger partial charge is 0.326 e. The molecule has 7 rings (SSSR count). The van der Waals surface area contributed by atoms with E-state index in [9.17, 15) is 14.7 Å². The summed E-state index contributed by atoms with van der Waals surface area (Å²) < 4.78 is 0. The minimum Gasteiger partial charge on any atom is -0.480 e. The van der Waals surface area contributed by atoms with Crippen LogP contribution in [0.1, 0.15) is 111 Å².